The number of para-hydroxylation sites is 1. The van der Waals surface area contributed by atoms with Crippen molar-refractivity contribution >= 4 is 28.6 Å². The maximum Gasteiger partial charge on any atom is 0.138 e. The van der Waals surface area contributed by atoms with Crippen LogP contribution in [0.4, 0.5) is 5.69 Å². The molecule has 2 aliphatic heterocycles. The first-order chi connectivity index (χ1) is 9.75. The molecule has 0 aliphatic carbocycles. The number of thiocarbonyl (C=S) groups is 1. The number of hydrogen-bond donors (Lipinski definition) is 0. The van der Waals surface area contributed by atoms with Crippen LogP contribution in [0.2, 0.25) is 0 Å². The molecule has 0 atom stereocenters. The Morgan fingerprint density at radius 1 is 1.10 bits per heavy atom. The molecule has 0 saturated carbocycles. The second-order valence-corrected chi connectivity index (χ2v) is 5.66. The zero-order chi connectivity index (χ0) is 13.9. The average Bonchev–Trinajstić information content (AvgIpc) is 2.77. The molecule has 4 heteroatoms. The Morgan fingerprint density at radius 2 is 1.80 bits per heavy atom. The molecule has 0 aromatic heterocycles. The first-order valence-electron chi connectivity index (χ1n) is 7.16. The topological polar surface area (TPSA) is 18.8 Å². The van der Waals surface area contributed by atoms with Crippen molar-refractivity contribution in [3.63, 3.8) is 0 Å². The molecule has 2 aliphatic rings. The van der Waals surface area contributed by atoms with E-state index in [9.17, 15) is 0 Å². The van der Waals surface area contributed by atoms with Crippen LogP contribution >= 0.6 is 12.2 Å². The summed E-state index contributed by atoms with van der Waals surface area (Å²) in [5, 5.41) is 6.46. The molecule has 1 aromatic rings. The molecular weight excluding hydrogens is 266 g/mol. The van der Waals surface area contributed by atoms with Gasteiger partial charge in [0.25, 0.3) is 0 Å². The van der Waals surface area contributed by atoms with Crippen LogP contribution < -0.4 is 5.01 Å². The predicted octanol–water partition coefficient (Wildman–Crippen LogP) is 3.58. The molecule has 0 bridgehead atoms. The summed E-state index contributed by atoms with van der Waals surface area (Å²) in [5.74, 6) is 0. The normalized spacial score (nSPS) is 21.6. The van der Waals surface area contributed by atoms with Crippen molar-refractivity contribution in [1.82, 2.24) is 4.90 Å². The van der Waals surface area contributed by atoms with Gasteiger partial charge in [0.1, 0.15) is 4.99 Å². The smallest absolute Gasteiger partial charge is 0.138 e. The number of hydrazone groups is 1. The second-order valence-electron chi connectivity index (χ2n) is 5.28. The van der Waals surface area contributed by atoms with Gasteiger partial charge in [-0.15, -0.1) is 0 Å². The van der Waals surface area contributed by atoms with E-state index < -0.39 is 0 Å². The van der Waals surface area contributed by atoms with Crippen molar-refractivity contribution in [3.8, 4) is 0 Å². The van der Waals surface area contributed by atoms with Crippen molar-refractivity contribution in [2.24, 2.45) is 5.10 Å². The minimum absolute atomic E-state index is 0.805. The molecule has 0 amide bonds. The number of benzene rings is 1. The summed E-state index contributed by atoms with van der Waals surface area (Å²) >= 11 is 5.61. The highest BCUT2D eigenvalue weighted by Crippen LogP contribution is 2.25. The lowest BCUT2D eigenvalue weighted by Gasteiger charge is -2.25. The molecule has 0 spiro atoms. The van der Waals surface area contributed by atoms with Crippen molar-refractivity contribution in [1.29, 1.82) is 0 Å². The zero-order valence-electron chi connectivity index (χ0n) is 11.7. The molecule has 0 radical (unpaired) electrons. The van der Waals surface area contributed by atoms with Crippen LogP contribution in [-0.4, -0.2) is 28.7 Å². The van der Waals surface area contributed by atoms with Crippen LogP contribution in [0, 0.1) is 0 Å². The van der Waals surface area contributed by atoms with Gasteiger partial charge in [0.2, 0.25) is 0 Å². The van der Waals surface area contributed by atoms with Gasteiger partial charge in [0.05, 0.1) is 17.0 Å². The lowest BCUT2D eigenvalue weighted by atomic mass is 10.1. The lowest BCUT2D eigenvalue weighted by Crippen LogP contribution is -2.27. The maximum absolute atomic E-state index is 5.61. The molecule has 0 unspecified atom stereocenters. The fourth-order valence-corrected chi connectivity index (χ4v) is 2.99. The Bertz CT molecular complexity index is 556. The van der Waals surface area contributed by atoms with Crippen molar-refractivity contribution in [2.75, 3.05) is 18.1 Å². The molecular formula is C16H19N3S. The van der Waals surface area contributed by atoms with E-state index in [0.29, 0.717) is 0 Å². The summed E-state index contributed by atoms with van der Waals surface area (Å²) in [7, 11) is 0. The number of rotatable bonds is 2. The predicted molar refractivity (Wildman–Crippen MR) is 88.1 cm³/mol. The van der Waals surface area contributed by atoms with Crippen molar-refractivity contribution < 1.29 is 0 Å². The Hall–Kier alpha value is -1.68. The van der Waals surface area contributed by atoms with E-state index in [1.807, 2.05) is 42.3 Å². The van der Waals surface area contributed by atoms with Crippen LogP contribution in [0.25, 0.3) is 0 Å². The molecule has 3 nitrogen and oxygen atoms in total. The van der Waals surface area contributed by atoms with E-state index >= 15 is 0 Å². The number of hydrogen-bond acceptors (Lipinski definition) is 3. The van der Waals surface area contributed by atoms with E-state index in [-0.39, 0.29) is 0 Å². The summed E-state index contributed by atoms with van der Waals surface area (Å²) in [5.41, 5.74) is 3.12. The fraction of sp³-hybridized carbons (Fsp3) is 0.375. The van der Waals surface area contributed by atoms with Gasteiger partial charge in [0, 0.05) is 19.3 Å². The van der Waals surface area contributed by atoms with Gasteiger partial charge >= 0.3 is 0 Å². The summed E-state index contributed by atoms with van der Waals surface area (Å²) in [6.45, 7) is 4.29. The highest BCUT2D eigenvalue weighted by atomic mass is 32.1. The number of nitrogens with zero attached hydrogens (tertiary/aromatic N) is 3. The molecule has 2 heterocycles. The van der Waals surface area contributed by atoms with Gasteiger partial charge in [-0.3, -0.25) is 0 Å². The summed E-state index contributed by atoms with van der Waals surface area (Å²) in [6.07, 6.45) is 6.08. The van der Waals surface area contributed by atoms with Crippen molar-refractivity contribution in [3.05, 3.63) is 42.1 Å². The second kappa shape index (κ2) is 5.75. The lowest BCUT2D eigenvalue weighted by molar-refractivity contribution is 0.309. The molecule has 20 heavy (non-hydrogen) atoms. The molecule has 3 rings (SSSR count). The van der Waals surface area contributed by atoms with Crippen LogP contribution in [0.1, 0.15) is 26.2 Å². The number of likely N-dealkylation sites (tertiary alicyclic amines) is 1. The van der Waals surface area contributed by atoms with Gasteiger partial charge in [-0.2, -0.15) is 5.10 Å². The molecule has 1 saturated heterocycles. The van der Waals surface area contributed by atoms with Gasteiger partial charge < -0.3 is 4.90 Å². The third-order valence-corrected chi connectivity index (χ3v) is 4.16. The zero-order valence-corrected chi connectivity index (χ0v) is 12.6. The molecule has 0 N–H and O–H groups in total. The van der Waals surface area contributed by atoms with Crippen LogP contribution in [0.15, 0.2) is 47.2 Å². The van der Waals surface area contributed by atoms with Gasteiger partial charge in [-0.05, 0) is 38.3 Å². The molecule has 1 fully saturated rings. The molecule has 104 valence electrons. The minimum atomic E-state index is 0.805. The van der Waals surface area contributed by atoms with E-state index in [1.165, 1.54) is 19.3 Å². The third kappa shape index (κ3) is 2.61. The molecule has 1 aromatic carbocycles. The quantitative estimate of drug-likeness (QED) is 0.611. The van der Waals surface area contributed by atoms with E-state index in [2.05, 4.69) is 16.2 Å². The summed E-state index contributed by atoms with van der Waals surface area (Å²) < 4.78 is 0. The first kappa shape index (κ1) is 13.3. The monoisotopic (exact) mass is 285 g/mol. The standard InChI is InChI=1S/C16H19N3S/c1-13-15(12-18-10-6-3-7-11-18)16(20)19(17-13)14-8-4-2-5-9-14/h2,4-5,8-9,12H,3,6-7,10-11H2,1H3/b15-12+. The maximum atomic E-state index is 5.61. The summed E-state index contributed by atoms with van der Waals surface area (Å²) in [6, 6.07) is 10.1. The van der Waals surface area contributed by atoms with Crippen LogP contribution in [-0.2, 0) is 0 Å². The van der Waals surface area contributed by atoms with Gasteiger partial charge in [0.15, 0.2) is 0 Å². The van der Waals surface area contributed by atoms with Gasteiger partial charge in [-0.25, -0.2) is 5.01 Å². The SMILES string of the molecule is CC1=NN(c2ccccc2)C(=S)/C1=C/N1CCCCC1. The Kier molecular flexibility index (Phi) is 3.83. The first-order valence-corrected chi connectivity index (χ1v) is 7.57. The fourth-order valence-electron chi connectivity index (χ4n) is 2.64. The average molecular weight is 285 g/mol. The van der Waals surface area contributed by atoms with Crippen LogP contribution in [0.3, 0.4) is 0 Å². The summed E-state index contributed by atoms with van der Waals surface area (Å²) in [4.78, 5) is 3.18. The van der Waals surface area contributed by atoms with Crippen molar-refractivity contribution in [2.45, 2.75) is 26.2 Å². The minimum Gasteiger partial charge on any atom is -0.377 e. The number of piperidine rings is 1. The van der Waals surface area contributed by atoms with Crippen LogP contribution in [0.5, 0.6) is 0 Å². The Balaban J connectivity index is 1.83. The third-order valence-electron chi connectivity index (χ3n) is 3.77. The Morgan fingerprint density at radius 3 is 2.50 bits per heavy atom. The van der Waals surface area contributed by atoms with E-state index in [1.54, 1.807) is 0 Å². The van der Waals surface area contributed by atoms with E-state index in [0.717, 1.165) is 35.1 Å². The Labute approximate surface area is 125 Å². The van der Waals surface area contributed by atoms with E-state index in [4.69, 9.17) is 12.2 Å². The van der Waals surface area contributed by atoms with Gasteiger partial charge in [-0.1, -0.05) is 30.4 Å². The largest absolute Gasteiger partial charge is 0.377 e. The number of anilines is 1. The highest BCUT2D eigenvalue weighted by molar-refractivity contribution is 7.81. The highest BCUT2D eigenvalue weighted by Gasteiger charge is 2.25.